The van der Waals surface area contributed by atoms with E-state index >= 15 is 0 Å². The van der Waals surface area contributed by atoms with E-state index in [0.29, 0.717) is 0 Å². The van der Waals surface area contributed by atoms with Crippen molar-refractivity contribution >= 4 is 17.3 Å². The predicted octanol–water partition coefficient (Wildman–Crippen LogP) is 8.50. The van der Waals surface area contributed by atoms with Crippen LogP contribution in [0.5, 0.6) is 0 Å². The molecule has 1 aliphatic heterocycles. The zero-order chi connectivity index (χ0) is 20.9. The third kappa shape index (κ3) is 6.71. The van der Waals surface area contributed by atoms with Crippen molar-refractivity contribution in [3.63, 3.8) is 0 Å². The van der Waals surface area contributed by atoms with Crippen LogP contribution in [0.3, 0.4) is 0 Å². The molecule has 1 fully saturated rings. The molecule has 0 spiro atoms. The minimum atomic E-state index is 1.12. The molecule has 1 heteroatoms. The number of hydrogen-bond donors (Lipinski definition) is 0. The molecule has 0 saturated carbocycles. The first-order valence-electron chi connectivity index (χ1n) is 10.6. The summed E-state index contributed by atoms with van der Waals surface area (Å²) in [4.78, 5) is 0. The molecule has 152 valence electrons. The van der Waals surface area contributed by atoms with Crippen molar-refractivity contribution in [1.82, 2.24) is 0 Å². The summed E-state index contributed by atoms with van der Waals surface area (Å²) in [5.41, 5.74) is 10.5. The van der Waals surface area contributed by atoms with Gasteiger partial charge < -0.3 is 0 Å². The molecule has 3 rings (SSSR count). The van der Waals surface area contributed by atoms with Gasteiger partial charge in [-0.2, -0.15) is 11.8 Å². The van der Waals surface area contributed by atoms with Crippen molar-refractivity contribution in [2.24, 2.45) is 0 Å². The van der Waals surface area contributed by atoms with Crippen LogP contribution < -0.4 is 0 Å². The highest BCUT2D eigenvalue weighted by atomic mass is 32.2. The van der Waals surface area contributed by atoms with Crippen molar-refractivity contribution in [3.05, 3.63) is 89.1 Å². The second-order valence-electron chi connectivity index (χ2n) is 6.90. The standard InChI is InChI=1S/C22H26S.C3H6.C2H6/c1-4-5-6-18-8-9-20-15-16(2)7-10-21(20)22(17(18)3)19-11-13-23-14-12-19;1-3-2;1-2/h4-7,10,15H,1,8-9,11-14H2,2-3H3;3H,1H2,2H3;1-2H3/b6-5-;;. The van der Waals surface area contributed by atoms with E-state index in [0.717, 1.165) is 12.8 Å². The number of benzene rings is 1. The fourth-order valence-electron chi connectivity index (χ4n) is 3.71. The second kappa shape index (κ2) is 13.4. The summed E-state index contributed by atoms with van der Waals surface area (Å²) in [6.45, 7) is 17.6. The third-order valence-electron chi connectivity index (χ3n) is 4.93. The maximum Gasteiger partial charge on any atom is -0.00298 e. The monoisotopic (exact) mass is 394 g/mol. The SMILES string of the molecule is C=C/C=C\C1=C(C)C(=C2CCSCC2)c2ccc(C)cc2CC1.C=CC.CC. The highest BCUT2D eigenvalue weighted by Crippen LogP contribution is 2.40. The van der Waals surface area contributed by atoms with E-state index in [1.165, 1.54) is 52.2 Å². The fraction of sp³-hybridized carbons (Fsp3) is 0.407. The quantitative estimate of drug-likeness (QED) is 0.358. The highest BCUT2D eigenvalue weighted by molar-refractivity contribution is 7.99. The molecule has 0 bridgehead atoms. The molecule has 1 aliphatic carbocycles. The van der Waals surface area contributed by atoms with E-state index in [1.54, 1.807) is 17.2 Å². The molecule has 0 amide bonds. The van der Waals surface area contributed by atoms with Gasteiger partial charge in [-0.1, -0.05) is 74.1 Å². The molecule has 1 heterocycles. The Balaban J connectivity index is 0.000000717. The molecule has 0 atom stereocenters. The van der Waals surface area contributed by atoms with Gasteiger partial charge in [0.15, 0.2) is 0 Å². The number of rotatable bonds is 2. The summed E-state index contributed by atoms with van der Waals surface area (Å²) in [6, 6.07) is 7.02. The van der Waals surface area contributed by atoms with Gasteiger partial charge in [-0.15, -0.1) is 6.58 Å². The zero-order valence-corrected chi connectivity index (χ0v) is 19.4. The van der Waals surface area contributed by atoms with Crippen LogP contribution in [0.15, 0.2) is 72.4 Å². The van der Waals surface area contributed by atoms with E-state index in [4.69, 9.17) is 0 Å². The molecular weight excluding hydrogens is 356 g/mol. The summed E-state index contributed by atoms with van der Waals surface area (Å²) in [7, 11) is 0. The molecule has 28 heavy (non-hydrogen) atoms. The lowest BCUT2D eigenvalue weighted by Crippen LogP contribution is -2.04. The van der Waals surface area contributed by atoms with Crippen molar-refractivity contribution in [3.8, 4) is 0 Å². The van der Waals surface area contributed by atoms with E-state index in [1.807, 2.05) is 26.8 Å². The first-order valence-corrected chi connectivity index (χ1v) is 11.7. The van der Waals surface area contributed by atoms with Gasteiger partial charge >= 0.3 is 0 Å². The molecule has 0 aromatic heterocycles. The molecule has 1 saturated heterocycles. The van der Waals surface area contributed by atoms with Crippen molar-refractivity contribution < 1.29 is 0 Å². The molecule has 0 nitrogen and oxygen atoms in total. The van der Waals surface area contributed by atoms with Crippen LogP contribution in [0.4, 0.5) is 0 Å². The first-order chi connectivity index (χ1) is 13.6. The smallest absolute Gasteiger partial charge is 0.00298 e. The summed E-state index contributed by atoms with van der Waals surface area (Å²) in [5, 5.41) is 0. The Hall–Kier alpha value is -1.73. The van der Waals surface area contributed by atoms with Gasteiger partial charge in [-0.25, -0.2) is 0 Å². The van der Waals surface area contributed by atoms with Crippen LogP contribution in [-0.4, -0.2) is 11.5 Å². The van der Waals surface area contributed by atoms with Gasteiger partial charge in [0.2, 0.25) is 0 Å². The number of allylic oxidation sites excluding steroid dienone is 8. The topological polar surface area (TPSA) is 0 Å². The number of thioether (sulfide) groups is 1. The molecule has 2 aliphatic rings. The van der Waals surface area contributed by atoms with Crippen LogP contribution in [0.2, 0.25) is 0 Å². The molecule has 1 aromatic carbocycles. The Morgan fingerprint density at radius 3 is 2.21 bits per heavy atom. The third-order valence-corrected chi connectivity index (χ3v) is 5.92. The summed E-state index contributed by atoms with van der Waals surface area (Å²) >= 11 is 2.09. The molecule has 1 aromatic rings. The lowest BCUT2D eigenvalue weighted by atomic mass is 9.87. The predicted molar refractivity (Wildman–Crippen MR) is 132 cm³/mol. The lowest BCUT2D eigenvalue weighted by Gasteiger charge is -2.22. The summed E-state index contributed by atoms with van der Waals surface area (Å²) in [6.07, 6.45) is 12.7. The average Bonchev–Trinajstić information content (AvgIpc) is 2.85. The Morgan fingerprint density at radius 1 is 0.964 bits per heavy atom. The fourth-order valence-corrected chi connectivity index (χ4v) is 4.69. The van der Waals surface area contributed by atoms with E-state index in [-0.39, 0.29) is 0 Å². The molecule has 0 radical (unpaired) electrons. The number of hydrogen-bond acceptors (Lipinski definition) is 1. The van der Waals surface area contributed by atoms with Gasteiger partial charge in [0.05, 0.1) is 0 Å². The highest BCUT2D eigenvalue weighted by Gasteiger charge is 2.21. The van der Waals surface area contributed by atoms with Crippen LogP contribution in [0.25, 0.3) is 5.57 Å². The minimum Gasteiger partial charge on any atom is -0.161 e. The van der Waals surface area contributed by atoms with Crippen molar-refractivity contribution in [1.29, 1.82) is 0 Å². The number of aryl methyl sites for hydroxylation is 2. The Labute approximate surface area is 178 Å². The average molecular weight is 395 g/mol. The summed E-state index contributed by atoms with van der Waals surface area (Å²) < 4.78 is 0. The van der Waals surface area contributed by atoms with Gasteiger partial charge in [0.1, 0.15) is 0 Å². The van der Waals surface area contributed by atoms with E-state index < -0.39 is 0 Å². The maximum absolute atomic E-state index is 3.83. The zero-order valence-electron chi connectivity index (χ0n) is 18.6. The molecule has 0 unspecified atom stereocenters. The molecule has 0 N–H and O–H groups in total. The van der Waals surface area contributed by atoms with Crippen LogP contribution >= 0.6 is 11.8 Å². The number of fused-ring (bicyclic) bond motifs is 1. The van der Waals surface area contributed by atoms with Crippen LogP contribution in [0, 0.1) is 6.92 Å². The maximum atomic E-state index is 3.83. The van der Waals surface area contributed by atoms with Crippen LogP contribution in [-0.2, 0) is 6.42 Å². The Morgan fingerprint density at radius 2 is 1.61 bits per heavy atom. The van der Waals surface area contributed by atoms with E-state index in [2.05, 4.69) is 69.1 Å². The normalized spacial score (nSPS) is 16.3. The van der Waals surface area contributed by atoms with Crippen molar-refractivity contribution in [2.45, 2.75) is 60.3 Å². The van der Waals surface area contributed by atoms with Crippen molar-refractivity contribution in [2.75, 3.05) is 11.5 Å². The van der Waals surface area contributed by atoms with E-state index in [9.17, 15) is 0 Å². The molecular formula is C27H38S. The summed E-state index contributed by atoms with van der Waals surface area (Å²) in [5.74, 6) is 2.54. The second-order valence-corrected chi connectivity index (χ2v) is 8.13. The largest absolute Gasteiger partial charge is 0.161 e. The lowest BCUT2D eigenvalue weighted by molar-refractivity contribution is 0.963. The van der Waals surface area contributed by atoms with Crippen LogP contribution in [0.1, 0.15) is 63.6 Å². The van der Waals surface area contributed by atoms with Gasteiger partial charge in [0, 0.05) is 0 Å². The van der Waals surface area contributed by atoms with Gasteiger partial charge in [0.25, 0.3) is 0 Å². The van der Waals surface area contributed by atoms with Gasteiger partial charge in [-0.05, 0) is 85.8 Å². The minimum absolute atomic E-state index is 1.12. The Bertz CT molecular complexity index is 736. The Kier molecular flexibility index (Phi) is 11.7. The van der Waals surface area contributed by atoms with Gasteiger partial charge in [-0.3, -0.25) is 0 Å². The first kappa shape index (κ1) is 24.3.